The van der Waals surface area contributed by atoms with Gasteiger partial charge in [-0.3, -0.25) is 4.79 Å². The van der Waals surface area contributed by atoms with E-state index in [4.69, 9.17) is 0 Å². The molecule has 2 heteroatoms. The highest BCUT2D eigenvalue weighted by molar-refractivity contribution is 5.94. The van der Waals surface area contributed by atoms with Crippen LogP contribution in [0.15, 0.2) is 24.9 Å². The Kier molecular flexibility index (Phi) is 13.6. The fourth-order valence-electron chi connectivity index (χ4n) is 1.17. The number of Topliss-reactive ketones (excluding diaryl/α,β-unsaturated/α-hetero) is 1. The van der Waals surface area contributed by atoms with Gasteiger partial charge in [-0.2, -0.15) is 0 Å². The van der Waals surface area contributed by atoms with Crippen molar-refractivity contribution in [2.24, 2.45) is 5.41 Å². The first-order valence-electron chi connectivity index (χ1n) is 6.61. The van der Waals surface area contributed by atoms with Crippen LogP contribution in [0.4, 0.5) is 0 Å². The van der Waals surface area contributed by atoms with Crippen molar-refractivity contribution in [3.8, 4) is 0 Å². The summed E-state index contributed by atoms with van der Waals surface area (Å²) >= 11 is 0. The molecular weight excluding hydrogens is 222 g/mol. The summed E-state index contributed by atoms with van der Waals surface area (Å²) in [6, 6.07) is 0.423. The average molecular weight is 255 g/mol. The third kappa shape index (κ3) is 10.1. The summed E-state index contributed by atoms with van der Waals surface area (Å²) < 4.78 is 0. The number of ketones is 1. The second-order valence-electron chi connectivity index (χ2n) is 5.11. The van der Waals surface area contributed by atoms with Crippen molar-refractivity contribution in [1.29, 1.82) is 0 Å². The van der Waals surface area contributed by atoms with E-state index in [0.717, 1.165) is 5.57 Å². The van der Waals surface area contributed by atoms with Crippen LogP contribution < -0.4 is 0 Å². The van der Waals surface area contributed by atoms with E-state index in [9.17, 15) is 4.79 Å². The summed E-state index contributed by atoms with van der Waals surface area (Å²) in [7, 11) is 2.00. The van der Waals surface area contributed by atoms with Crippen LogP contribution in [0.5, 0.6) is 0 Å². The maximum Gasteiger partial charge on any atom is 0.157 e. The molecule has 0 aliphatic carbocycles. The van der Waals surface area contributed by atoms with Crippen molar-refractivity contribution >= 4 is 5.78 Å². The number of nitrogens with zero attached hydrogens (tertiary/aromatic N) is 1. The standard InChI is InChI=1S/C12H23NO.C2H6.C2H4/c1-9(2)13(7)8-11(10(3)14)12(4,5)6;2*1-2/h8-9H,1-7H3;1-2H3;1-2H2/b11-8-;;. The average Bonchev–Trinajstić information content (AvgIpc) is 2.28. The molecule has 18 heavy (non-hydrogen) atoms. The lowest BCUT2D eigenvalue weighted by atomic mass is 9.85. The molecule has 0 rings (SSSR count). The number of carbonyl (C=O) groups is 1. The normalized spacial score (nSPS) is 10.9. The van der Waals surface area contributed by atoms with E-state index >= 15 is 0 Å². The molecule has 0 saturated carbocycles. The van der Waals surface area contributed by atoms with Gasteiger partial charge >= 0.3 is 0 Å². The zero-order valence-corrected chi connectivity index (χ0v) is 13.9. The number of carbonyl (C=O) groups excluding carboxylic acids is 1. The molecule has 0 fully saturated rings. The van der Waals surface area contributed by atoms with Crippen molar-refractivity contribution in [3.63, 3.8) is 0 Å². The molecule has 0 heterocycles. The molecule has 2 nitrogen and oxygen atoms in total. The maximum absolute atomic E-state index is 11.5. The monoisotopic (exact) mass is 255 g/mol. The fraction of sp³-hybridized carbons (Fsp3) is 0.688. The summed E-state index contributed by atoms with van der Waals surface area (Å²) in [6.07, 6.45) is 1.97. The molecule has 0 aromatic rings. The maximum atomic E-state index is 11.5. The number of hydrogen-bond donors (Lipinski definition) is 0. The highest BCUT2D eigenvalue weighted by Gasteiger charge is 2.21. The highest BCUT2D eigenvalue weighted by atomic mass is 16.1. The van der Waals surface area contributed by atoms with Gasteiger partial charge in [-0.1, -0.05) is 34.6 Å². The van der Waals surface area contributed by atoms with Gasteiger partial charge in [-0.15, -0.1) is 13.2 Å². The Morgan fingerprint density at radius 2 is 1.50 bits per heavy atom. The van der Waals surface area contributed by atoms with Gasteiger partial charge in [0.1, 0.15) is 0 Å². The van der Waals surface area contributed by atoms with Crippen LogP contribution >= 0.6 is 0 Å². The van der Waals surface area contributed by atoms with Crippen LogP contribution in [0.2, 0.25) is 0 Å². The van der Waals surface area contributed by atoms with E-state index in [1.54, 1.807) is 6.92 Å². The molecule has 0 unspecified atom stereocenters. The SMILES string of the molecule is C=C.CC.CC(=O)/C(=C/N(C)C(C)C)C(C)(C)C. The number of hydrogen-bond acceptors (Lipinski definition) is 2. The van der Waals surface area contributed by atoms with E-state index < -0.39 is 0 Å². The minimum absolute atomic E-state index is 0.0744. The van der Waals surface area contributed by atoms with Gasteiger partial charge in [-0.25, -0.2) is 0 Å². The molecule has 0 aromatic heterocycles. The van der Waals surface area contributed by atoms with Crippen LogP contribution in [-0.2, 0) is 4.79 Å². The second-order valence-corrected chi connectivity index (χ2v) is 5.11. The first kappa shape index (κ1) is 22.2. The van der Waals surface area contributed by atoms with Crippen LogP contribution in [0.25, 0.3) is 0 Å². The minimum atomic E-state index is -0.0744. The lowest BCUT2D eigenvalue weighted by Gasteiger charge is -2.26. The molecule has 0 bridgehead atoms. The Morgan fingerprint density at radius 1 is 1.17 bits per heavy atom. The molecule has 0 aliphatic heterocycles. The predicted molar refractivity (Wildman–Crippen MR) is 83.7 cm³/mol. The quantitative estimate of drug-likeness (QED) is 0.539. The lowest BCUT2D eigenvalue weighted by Crippen LogP contribution is -2.25. The number of allylic oxidation sites excluding steroid dienone is 1. The topological polar surface area (TPSA) is 20.3 Å². The summed E-state index contributed by atoms with van der Waals surface area (Å²) in [5, 5.41) is 0. The van der Waals surface area contributed by atoms with Crippen LogP contribution in [-0.4, -0.2) is 23.8 Å². The van der Waals surface area contributed by atoms with Crippen molar-refractivity contribution in [1.82, 2.24) is 4.90 Å². The zero-order valence-electron chi connectivity index (χ0n) is 13.9. The smallest absolute Gasteiger partial charge is 0.157 e. The van der Waals surface area contributed by atoms with E-state index in [-0.39, 0.29) is 11.2 Å². The Balaban J connectivity index is -0.000000506. The predicted octanol–water partition coefficient (Wildman–Crippen LogP) is 4.67. The summed E-state index contributed by atoms with van der Waals surface area (Å²) in [5.74, 6) is 0.157. The molecule has 0 aliphatic rings. The van der Waals surface area contributed by atoms with E-state index in [0.29, 0.717) is 6.04 Å². The minimum Gasteiger partial charge on any atom is -0.378 e. The van der Waals surface area contributed by atoms with Crippen LogP contribution in [0, 0.1) is 5.41 Å². The molecule has 0 amide bonds. The Bertz CT molecular complexity index is 246. The van der Waals surface area contributed by atoms with Gasteiger partial charge in [0.05, 0.1) is 0 Å². The van der Waals surface area contributed by atoms with Crippen molar-refractivity contribution in [2.45, 2.75) is 61.4 Å². The van der Waals surface area contributed by atoms with E-state index in [2.05, 4.69) is 52.7 Å². The van der Waals surface area contributed by atoms with Gasteiger partial charge < -0.3 is 4.90 Å². The highest BCUT2D eigenvalue weighted by Crippen LogP contribution is 2.26. The van der Waals surface area contributed by atoms with Gasteiger partial charge in [0.25, 0.3) is 0 Å². The Morgan fingerprint density at radius 3 is 1.67 bits per heavy atom. The lowest BCUT2D eigenvalue weighted by molar-refractivity contribution is -0.114. The van der Waals surface area contributed by atoms with Crippen LogP contribution in [0.3, 0.4) is 0 Å². The van der Waals surface area contributed by atoms with Crippen LogP contribution in [0.1, 0.15) is 55.4 Å². The van der Waals surface area contributed by atoms with Gasteiger partial charge in [-0.05, 0) is 26.2 Å². The fourth-order valence-corrected chi connectivity index (χ4v) is 1.17. The van der Waals surface area contributed by atoms with E-state index in [1.807, 2.05) is 27.1 Å². The number of rotatable bonds is 3. The summed E-state index contributed by atoms with van der Waals surface area (Å²) in [6.45, 7) is 22.0. The first-order chi connectivity index (χ1) is 8.16. The molecule has 0 aromatic carbocycles. The van der Waals surface area contributed by atoms with Crippen molar-refractivity contribution in [3.05, 3.63) is 24.9 Å². The summed E-state index contributed by atoms with van der Waals surface area (Å²) in [5.41, 5.74) is 0.809. The second kappa shape index (κ2) is 11.1. The largest absolute Gasteiger partial charge is 0.378 e. The molecule has 0 saturated heterocycles. The van der Waals surface area contributed by atoms with Gasteiger partial charge in [0, 0.05) is 24.9 Å². The zero-order chi connectivity index (χ0) is 15.5. The molecule has 0 radical (unpaired) electrons. The van der Waals surface area contributed by atoms with Crippen molar-refractivity contribution < 1.29 is 4.79 Å². The van der Waals surface area contributed by atoms with Gasteiger partial charge in [0.2, 0.25) is 0 Å². The molecule has 0 atom stereocenters. The van der Waals surface area contributed by atoms with Crippen molar-refractivity contribution in [2.75, 3.05) is 7.05 Å². The Hall–Kier alpha value is -1.05. The third-order valence-electron chi connectivity index (χ3n) is 2.33. The molecule has 0 spiro atoms. The first-order valence-corrected chi connectivity index (χ1v) is 6.61. The molecular formula is C16H33NO. The molecule has 108 valence electrons. The Labute approximate surface area is 115 Å². The summed E-state index contributed by atoms with van der Waals surface area (Å²) in [4.78, 5) is 13.5. The molecule has 0 N–H and O–H groups in total. The third-order valence-corrected chi connectivity index (χ3v) is 2.33. The van der Waals surface area contributed by atoms with E-state index in [1.165, 1.54) is 0 Å². The van der Waals surface area contributed by atoms with Gasteiger partial charge in [0.15, 0.2) is 5.78 Å².